The third kappa shape index (κ3) is 5.00. The van der Waals surface area contributed by atoms with Gasteiger partial charge in [-0.2, -0.15) is 0 Å². The van der Waals surface area contributed by atoms with Gasteiger partial charge in [0.25, 0.3) is 0 Å². The van der Waals surface area contributed by atoms with Crippen LogP contribution in [0.4, 0.5) is 0 Å². The van der Waals surface area contributed by atoms with Crippen LogP contribution in [0, 0.1) is 0 Å². The number of piperazine rings is 1. The lowest BCUT2D eigenvalue weighted by Crippen LogP contribution is -2.42. The van der Waals surface area contributed by atoms with Crippen LogP contribution < -0.4 is 0 Å². The van der Waals surface area contributed by atoms with Crippen molar-refractivity contribution in [2.75, 3.05) is 40.3 Å². The summed E-state index contributed by atoms with van der Waals surface area (Å²) in [5, 5.41) is 0. The Kier molecular flexibility index (Phi) is 5.27. The summed E-state index contributed by atoms with van der Waals surface area (Å²) < 4.78 is 0. The molecule has 0 spiro atoms. The summed E-state index contributed by atoms with van der Waals surface area (Å²) in [5.74, 6) is 0. The van der Waals surface area contributed by atoms with Crippen LogP contribution in [0.3, 0.4) is 0 Å². The molecule has 1 aliphatic rings. The second-order valence-electron chi connectivity index (χ2n) is 3.76. The zero-order valence-corrected chi connectivity index (χ0v) is 9.19. The number of nitrogens with zero attached hydrogens (tertiary/aromatic N) is 2. The van der Waals surface area contributed by atoms with E-state index in [2.05, 4.69) is 23.9 Å². The van der Waals surface area contributed by atoms with Gasteiger partial charge in [0, 0.05) is 26.2 Å². The minimum absolute atomic E-state index is 1.23. The molecule has 2 nitrogen and oxygen atoms in total. The summed E-state index contributed by atoms with van der Waals surface area (Å²) in [5.41, 5.74) is 0. The number of benzene rings is 1. The molecule has 0 amide bonds. The standard InChI is InChI=1S/C6H14N2.C6H6/c1-7-3-5-8(2)6-4-7;1-2-4-6-5-3-1/h3-6H2,1-2H3;1-6H. The summed E-state index contributed by atoms with van der Waals surface area (Å²) in [4.78, 5) is 4.72. The van der Waals surface area contributed by atoms with E-state index in [9.17, 15) is 0 Å². The van der Waals surface area contributed by atoms with Gasteiger partial charge in [0.05, 0.1) is 0 Å². The molecule has 1 aliphatic heterocycles. The number of likely N-dealkylation sites (N-methyl/N-ethyl adjacent to an activating group) is 2. The summed E-state index contributed by atoms with van der Waals surface area (Å²) in [6.45, 7) is 4.93. The summed E-state index contributed by atoms with van der Waals surface area (Å²) in [6, 6.07) is 12.0. The Morgan fingerprint density at radius 1 is 0.571 bits per heavy atom. The minimum Gasteiger partial charge on any atom is -0.304 e. The second-order valence-corrected chi connectivity index (χ2v) is 3.76. The average molecular weight is 192 g/mol. The van der Waals surface area contributed by atoms with Gasteiger partial charge in [-0.1, -0.05) is 36.4 Å². The summed E-state index contributed by atoms with van der Waals surface area (Å²) >= 11 is 0. The summed E-state index contributed by atoms with van der Waals surface area (Å²) in [6.07, 6.45) is 0. The van der Waals surface area contributed by atoms with Crippen molar-refractivity contribution in [1.29, 1.82) is 0 Å². The van der Waals surface area contributed by atoms with E-state index in [1.807, 2.05) is 36.4 Å². The zero-order valence-electron chi connectivity index (χ0n) is 9.19. The molecule has 0 aliphatic carbocycles. The topological polar surface area (TPSA) is 6.48 Å². The fourth-order valence-electron chi connectivity index (χ4n) is 1.29. The highest BCUT2D eigenvalue weighted by Crippen LogP contribution is 1.93. The van der Waals surface area contributed by atoms with Gasteiger partial charge < -0.3 is 9.80 Å². The van der Waals surface area contributed by atoms with Crippen molar-refractivity contribution in [3.63, 3.8) is 0 Å². The molecule has 0 aromatic heterocycles. The van der Waals surface area contributed by atoms with Crippen molar-refractivity contribution in [3.05, 3.63) is 36.4 Å². The summed E-state index contributed by atoms with van der Waals surface area (Å²) in [7, 11) is 4.35. The van der Waals surface area contributed by atoms with E-state index in [4.69, 9.17) is 0 Å². The highest BCUT2D eigenvalue weighted by atomic mass is 15.2. The maximum atomic E-state index is 2.36. The van der Waals surface area contributed by atoms with E-state index in [-0.39, 0.29) is 0 Å². The molecular formula is C12H20N2. The van der Waals surface area contributed by atoms with E-state index in [1.165, 1.54) is 26.2 Å². The predicted octanol–water partition coefficient (Wildman–Crippen LogP) is 1.55. The molecule has 0 atom stereocenters. The largest absolute Gasteiger partial charge is 0.304 e. The highest BCUT2D eigenvalue weighted by Gasteiger charge is 2.07. The van der Waals surface area contributed by atoms with E-state index < -0.39 is 0 Å². The van der Waals surface area contributed by atoms with Crippen molar-refractivity contribution >= 4 is 0 Å². The molecule has 0 unspecified atom stereocenters. The first-order valence-electron chi connectivity index (χ1n) is 5.16. The molecule has 1 aromatic carbocycles. The van der Waals surface area contributed by atoms with E-state index in [0.717, 1.165) is 0 Å². The highest BCUT2D eigenvalue weighted by molar-refractivity contribution is 4.99. The third-order valence-electron chi connectivity index (χ3n) is 2.39. The molecule has 78 valence electrons. The first-order valence-corrected chi connectivity index (χ1v) is 5.16. The molecule has 2 rings (SSSR count). The molecule has 0 radical (unpaired) electrons. The fraction of sp³-hybridized carbons (Fsp3) is 0.500. The Labute approximate surface area is 87.1 Å². The Balaban J connectivity index is 0.000000146. The van der Waals surface area contributed by atoms with Crippen molar-refractivity contribution in [2.24, 2.45) is 0 Å². The van der Waals surface area contributed by atoms with Gasteiger partial charge in [0.2, 0.25) is 0 Å². The molecule has 1 saturated heterocycles. The molecule has 0 N–H and O–H groups in total. The Morgan fingerprint density at radius 3 is 1.00 bits per heavy atom. The fourth-order valence-corrected chi connectivity index (χ4v) is 1.29. The van der Waals surface area contributed by atoms with E-state index in [0.29, 0.717) is 0 Å². The van der Waals surface area contributed by atoms with Crippen LogP contribution in [0.15, 0.2) is 36.4 Å². The molecule has 2 heteroatoms. The Morgan fingerprint density at radius 2 is 0.786 bits per heavy atom. The van der Waals surface area contributed by atoms with Crippen LogP contribution in [-0.2, 0) is 0 Å². The van der Waals surface area contributed by atoms with Gasteiger partial charge in [-0.3, -0.25) is 0 Å². The maximum absolute atomic E-state index is 2.36. The second kappa shape index (κ2) is 6.57. The van der Waals surface area contributed by atoms with Gasteiger partial charge >= 0.3 is 0 Å². The van der Waals surface area contributed by atoms with E-state index in [1.54, 1.807) is 0 Å². The molecule has 1 fully saturated rings. The van der Waals surface area contributed by atoms with Crippen molar-refractivity contribution < 1.29 is 0 Å². The zero-order chi connectivity index (χ0) is 10.2. The number of hydrogen-bond donors (Lipinski definition) is 0. The van der Waals surface area contributed by atoms with Gasteiger partial charge in [0.15, 0.2) is 0 Å². The molecule has 1 heterocycles. The van der Waals surface area contributed by atoms with Gasteiger partial charge in [-0.05, 0) is 14.1 Å². The number of hydrogen-bond acceptors (Lipinski definition) is 2. The average Bonchev–Trinajstić information content (AvgIpc) is 2.26. The lowest BCUT2D eigenvalue weighted by Gasteiger charge is -2.28. The molecule has 0 bridgehead atoms. The van der Waals surface area contributed by atoms with Gasteiger partial charge in [0.1, 0.15) is 0 Å². The van der Waals surface area contributed by atoms with Crippen LogP contribution in [0.25, 0.3) is 0 Å². The Hall–Kier alpha value is -0.860. The first-order chi connectivity index (χ1) is 6.79. The monoisotopic (exact) mass is 192 g/mol. The molecular weight excluding hydrogens is 172 g/mol. The number of rotatable bonds is 0. The quantitative estimate of drug-likeness (QED) is 0.615. The smallest absolute Gasteiger partial charge is 0.0107 e. The van der Waals surface area contributed by atoms with Crippen LogP contribution in [0.1, 0.15) is 0 Å². The van der Waals surface area contributed by atoms with Crippen LogP contribution >= 0.6 is 0 Å². The van der Waals surface area contributed by atoms with Crippen molar-refractivity contribution in [3.8, 4) is 0 Å². The van der Waals surface area contributed by atoms with Crippen LogP contribution in [0.2, 0.25) is 0 Å². The lowest BCUT2D eigenvalue weighted by atomic mass is 10.4. The van der Waals surface area contributed by atoms with Crippen molar-refractivity contribution in [2.45, 2.75) is 0 Å². The normalized spacial score (nSPS) is 18.4. The van der Waals surface area contributed by atoms with Crippen molar-refractivity contribution in [1.82, 2.24) is 9.80 Å². The maximum Gasteiger partial charge on any atom is 0.0107 e. The lowest BCUT2D eigenvalue weighted by molar-refractivity contribution is 0.181. The van der Waals surface area contributed by atoms with Gasteiger partial charge in [-0.25, -0.2) is 0 Å². The minimum atomic E-state index is 1.23. The molecule has 14 heavy (non-hydrogen) atoms. The third-order valence-corrected chi connectivity index (χ3v) is 2.39. The molecule has 1 aromatic rings. The van der Waals surface area contributed by atoms with E-state index >= 15 is 0 Å². The van der Waals surface area contributed by atoms with Crippen LogP contribution in [0.5, 0.6) is 0 Å². The van der Waals surface area contributed by atoms with Crippen LogP contribution in [-0.4, -0.2) is 50.1 Å². The SMILES string of the molecule is CN1CCN(C)CC1.c1ccccc1. The molecule has 0 saturated carbocycles. The predicted molar refractivity (Wildman–Crippen MR) is 61.4 cm³/mol. The Bertz CT molecular complexity index is 178. The first kappa shape index (κ1) is 11.2. The van der Waals surface area contributed by atoms with Gasteiger partial charge in [-0.15, -0.1) is 0 Å².